The Kier molecular flexibility index (Phi) is 11.3. The summed E-state index contributed by atoms with van der Waals surface area (Å²) < 4.78 is 10.3. The van der Waals surface area contributed by atoms with E-state index >= 15 is 0 Å². The van der Waals surface area contributed by atoms with Crippen molar-refractivity contribution in [1.29, 1.82) is 0 Å². The molecule has 0 radical (unpaired) electrons. The first-order valence-electron chi connectivity index (χ1n) is 13.1. The zero-order valence-corrected chi connectivity index (χ0v) is 22.8. The van der Waals surface area contributed by atoms with Crippen molar-refractivity contribution in [2.24, 2.45) is 5.10 Å². The Bertz CT molecular complexity index is 1280. The zero-order valence-electron chi connectivity index (χ0n) is 22.8. The van der Waals surface area contributed by atoms with E-state index in [1.54, 1.807) is 6.92 Å². The van der Waals surface area contributed by atoms with Gasteiger partial charge in [-0.2, -0.15) is 5.10 Å². The number of hydrogen-bond acceptors (Lipinski definition) is 6. The van der Waals surface area contributed by atoms with Crippen LogP contribution in [0, 0.1) is 6.92 Å². The van der Waals surface area contributed by atoms with E-state index in [0.29, 0.717) is 18.8 Å². The number of anilines is 2. The van der Waals surface area contributed by atoms with Gasteiger partial charge in [-0.1, -0.05) is 67.3 Å². The van der Waals surface area contributed by atoms with Crippen molar-refractivity contribution < 1.29 is 19.1 Å². The van der Waals surface area contributed by atoms with E-state index < -0.39 is 5.97 Å². The molecule has 202 valence electrons. The number of esters is 2. The molecule has 0 saturated heterocycles. The molecular weight excluding hydrogens is 488 g/mol. The molecule has 0 bridgehead atoms. The Morgan fingerprint density at radius 2 is 1.33 bits per heavy atom. The summed E-state index contributed by atoms with van der Waals surface area (Å²) in [7, 11) is 0. The molecule has 3 aromatic rings. The van der Waals surface area contributed by atoms with Crippen molar-refractivity contribution in [3.8, 4) is 0 Å². The standard InChI is InChI=1S/C33H36N2O4/c1-5-32(36)38-22-6-8-27-14-18-30(19-15-27)35(34-24-29-12-10-26(4)11-13-29)31-20-16-28(17-21-31)9-7-23-39-33(37)25(2)3/h5,10-21,24H,1-2,6-9,22-23H2,3-4H3. The summed E-state index contributed by atoms with van der Waals surface area (Å²) in [6.45, 7) is 11.4. The lowest BCUT2D eigenvalue weighted by molar-refractivity contribution is -0.139. The molecule has 0 fully saturated rings. The summed E-state index contributed by atoms with van der Waals surface area (Å²) in [5, 5.41) is 6.73. The lowest BCUT2D eigenvalue weighted by atomic mass is 10.1. The predicted octanol–water partition coefficient (Wildman–Crippen LogP) is 6.88. The molecule has 3 rings (SSSR count). The average Bonchev–Trinajstić information content (AvgIpc) is 2.95. The minimum Gasteiger partial charge on any atom is -0.463 e. The highest BCUT2D eigenvalue weighted by molar-refractivity contribution is 5.87. The van der Waals surface area contributed by atoms with E-state index in [9.17, 15) is 9.59 Å². The molecule has 0 aromatic heterocycles. The lowest BCUT2D eigenvalue weighted by Crippen LogP contribution is -2.10. The molecule has 0 aliphatic rings. The van der Waals surface area contributed by atoms with E-state index in [1.165, 1.54) is 11.6 Å². The second-order valence-corrected chi connectivity index (χ2v) is 9.29. The number of benzene rings is 3. The minimum atomic E-state index is -0.398. The smallest absolute Gasteiger partial charge is 0.333 e. The van der Waals surface area contributed by atoms with Gasteiger partial charge in [0.25, 0.3) is 0 Å². The van der Waals surface area contributed by atoms with Gasteiger partial charge < -0.3 is 9.47 Å². The number of ether oxygens (including phenoxy) is 2. The Labute approximate surface area is 231 Å². The van der Waals surface area contributed by atoms with Crippen LogP contribution in [0.3, 0.4) is 0 Å². The summed E-state index contributed by atoms with van der Waals surface area (Å²) in [6, 6.07) is 24.7. The average molecular weight is 525 g/mol. The van der Waals surface area contributed by atoms with Gasteiger partial charge in [-0.15, -0.1) is 0 Å². The van der Waals surface area contributed by atoms with Crippen LogP contribution in [-0.4, -0.2) is 31.4 Å². The van der Waals surface area contributed by atoms with E-state index in [4.69, 9.17) is 14.6 Å². The van der Waals surface area contributed by atoms with Crippen LogP contribution in [-0.2, 0) is 31.9 Å². The second kappa shape index (κ2) is 15.1. The van der Waals surface area contributed by atoms with Crippen LogP contribution in [0.2, 0.25) is 0 Å². The van der Waals surface area contributed by atoms with Gasteiger partial charge in [-0.3, -0.25) is 0 Å². The molecule has 6 nitrogen and oxygen atoms in total. The predicted molar refractivity (Wildman–Crippen MR) is 157 cm³/mol. The second-order valence-electron chi connectivity index (χ2n) is 9.29. The highest BCUT2D eigenvalue weighted by Crippen LogP contribution is 2.27. The van der Waals surface area contributed by atoms with Crippen LogP contribution in [0.25, 0.3) is 0 Å². The molecular formula is C33H36N2O4. The van der Waals surface area contributed by atoms with Crippen molar-refractivity contribution in [1.82, 2.24) is 0 Å². The van der Waals surface area contributed by atoms with Gasteiger partial charge in [0, 0.05) is 11.6 Å². The number of nitrogens with zero attached hydrogens (tertiary/aromatic N) is 2. The lowest BCUT2D eigenvalue weighted by Gasteiger charge is -2.20. The molecule has 0 saturated carbocycles. The van der Waals surface area contributed by atoms with E-state index in [0.717, 1.165) is 53.7 Å². The third-order valence-corrected chi connectivity index (χ3v) is 5.97. The quantitative estimate of drug-likeness (QED) is 0.0756. The van der Waals surface area contributed by atoms with Gasteiger partial charge in [0.05, 0.1) is 30.8 Å². The fourth-order valence-corrected chi connectivity index (χ4v) is 3.74. The summed E-state index contributed by atoms with van der Waals surface area (Å²) in [4.78, 5) is 22.8. The number of hydrogen-bond donors (Lipinski definition) is 0. The van der Waals surface area contributed by atoms with Crippen LogP contribution >= 0.6 is 0 Å². The van der Waals surface area contributed by atoms with Crippen LogP contribution in [0.4, 0.5) is 11.4 Å². The highest BCUT2D eigenvalue weighted by atomic mass is 16.5. The summed E-state index contributed by atoms with van der Waals surface area (Å²) >= 11 is 0. The van der Waals surface area contributed by atoms with Gasteiger partial charge >= 0.3 is 11.9 Å². The number of carbonyl (C=O) groups is 2. The fraction of sp³-hybridized carbons (Fsp3) is 0.242. The molecule has 0 aliphatic heterocycles. The van der Waals surface area contributed by atoms with Gasteiger partial charge in [0.2, 0.25) is 0 Å². The van der Waals surface area contributed by atoms with Crippen molar-refractivity contribution >= 4 is 29.5 Å². The van der Waals surface area contributed by atoms with Gasteiger partial charge in [-0.05, 0) is 80.5 Å². The van der Waals surface area contributed by atoms with Crippen molar-refractivity contribution in [2.75, 3.05) is 18.2 Å². The van der Waals surface area contributed by atoms with Crippen molar-refractivity contribution in [2.45, 2.75) is 39.5 Å². The van der Waals surface area contributed by atoms with Crippen LogP contribution < -0.4 is 5.01 Å². The van der Waals surface area contributed by atoms with Gasteiger partial charge in [0.15, 0.2) is 0 Å². The minimum absolute atomic E-state index is 0.352. The summed E-state index contributed by atoms with van der Waals surface area (Å²) in [5.41, 5.74) is 6.78. The van der Waals surface area contributed by atoms with Crippen LogP contribution in [0.15, 0.2) is 103 Å². The first-order chi connectivity index (χ1) is 18.9. The molecule has 3 aromatic carbocycles. The highest BCUT2D eigenvalue weighted by Gasteiger charge is 2.09. The molecule has 0 heterocycles. The molecule has 0 unspecified atom stereocenters. The van der Waals surface area contributed by atoms with E-state index in [2.05, 4.69) is 56.5 Å². The fourth-order valence-electron chi connectivity index (χ4n) is 3.74. The maximum Gasteiger partial charge on any atom is 0.333 e. The Morgan fingerprint density at radius 1 is 0.821 bits per heavy atom. The maximum atomic E-state index is 11.6. The Balaban J connectivity index is 1.70. The maximum absolute atomic E-state index is 11.6. The third-order valence-electron chi connectivity index (χ3n) is 5.97. The number of hydrazone groups is 1. The Hall–Kier alpha value is -4.45. The normalized spacial score (nSPS) is 10.7. The monoisotopic (exact) mass is 524 g/mol. The van der Waals surface area contributed by atoms with E-state index in [-0.39, 0.29) is 5.97 Å². The molecule has 0 N–H and O–H groups in total. The molecule has 0 aliphatic carbocycles. The first-order valence-corrected chi connectivity index (χ1v) is 13.1. The summed E-state index contributed by atoms with van der Waals surface area (Å²) in [6.07, 6.45) is 6.10. The van der Waals surface area contributed by atoms with Gasteiger partial charge in [-0.25, -0.2) is 14.6 Å². The largest absolute Gasteiger partial charge is 0.463 e. The molecule has 0 atom stereocenters. The van der Waals surface area contributed by atoms with E-state index in [1.807, 2.05) is 47.6 Å². The SMILES string of the molecule is C=CC(=O)OCCCc1ccc(N(N=Cc2ccc(C)cc2)c2ccc(CCCOC(=O)C(=C)C)cc2)cc1. The van der Waals surface area contributed by atoms with Crippen molar-refractivity contribution in [3.63, 3.8) is 0 Å². The number of carbonyl (C=O) groups excluding carboxylic acids is 2. The van der Waals surface area contributed by atoms with Gasteiger partial charge in [0.1, 0.15) is 0 Å². The Morgan fingerprint density at radius 3 is 1.82 bits per heavy atom. The summed E-state index contributed by atoms with van der Waals surface area (Å²) in [5.74, 6) is -0.751. The molecule has 6 heteroatoms. The molecule has 0 amide bonds. The topological polar surface area (TPSA) is 68.2 Å². The number of rotatable bonds is 14. The number of aryl methyl sites for hydroxylation is 3. The van der Waals surface area contributed by atoms with Crippen LogP contribution in [0.1, 0.15) is 42.0 Å². The molecule has 39 heavy (non-hydrogen) atoms. The molecule has 0 spiro atoms. The first kappa shape index (κ1) is 29.1. The third kappa shape index (κ3) is 9.74. The van der Waals surface area contributed by atoms with Crippen molar-refractivity contribution in [3.05, 3.63) is 120 Å². The van der Waals surface area contributed by atoms with Crippen LogP contribution in [0.5, 0.6) is 0 Å². The zero-order chi connectivity index (χ0) is 28.0.